The number of carboxylic acids is 1. The van der Waals surface area contributed by atoms with Crippen molar-refractivity contribution < 1.29 is 23.1 Å². The lowest BCUT2D eigenvalue weighted by Gasteiger charge is -2.09. The summed E-state index contributed by atoms with van der Waals surface area (Å²) in [6.45, 7) is 0. The van der Waals surface area contributed by atoms with Crippen LogP contribution in [0, 0.1) is 5.95 Å². The lowest BCUT2D eigenvalue weighted by Crippen LogP contribution is -2.11. The van der Waals surface area contributed by atoms with E-state index in [1.54, 1.807) is 0 Å². The van der Waals surface area contributed by atoms with E-state index in [1.165, 1.54) is 0 Å². The SMILES string of the molecule is O=C(O)c1c(F)ncc(CCl)c1C(F)F. The Morgan fingerprint density at radius 1 is 1.60 bits per heavy atom. The van der Waals surface area contributed by atoms with Crippen molar-refractivity contribution in [1.82, 2.24) is 4.98 Å². The lowest BCUT2D eigenvalue weighted by atomic mass is 10.1. The Hall–Kier alpha value is -1.30. The summed E-state index contributed by atoms with van der Waals surface area (Å²) >= 11 is 5.32. The Morgan fingerprint density at radius 2 is 2.20 bits per heavy atom. The number of carboxylic acid groups (broad SMARTS) is 1. The van der Waals surface area contributed by atoms with Crippen LogP contribution in [-0.2, 0) is 5.88 Å². The van der Waals surface area contributed by atoms with Crippen molar-refractivity contribution in [3.8, 4) is 0 Å². The molecule has 0 radical (unpaired) electrons. The van der Waals surface area contributed by atoms with Gasteiger partial charge in [-0.3, -0.25) is 0 Å². The third kappa shape index (κ3) is 2.20. The van der Waals surface area contributed by atoms with Crippen LogP contribution in [0.2, 0.25) is 0 Å². The highest BCUT2D eigenvalue weighted by atomic mass is 35.5. The van der Waals surface area contributed by atoms with Crippen LogP contribution in [0.1, 0.15) is 27.9 Å². The summed E-state index contributed by atoms with van der Waals surface area (Å²) in [6.07, 6.45) is -2.31. The van der Waals surface area contributed by atoms with Crippen LogP contribution in [0.5, 0.6) is 0 Å². The van der Waals surface area contributed by atoms with Crippen LogP contribution in [-0.4, -0.2) is 16.1 Å². The number of halogens is 4. The van der Waals surface area contributed by atoms with E-state index in [2.05, 4.69) is 4.98 Å². The number of aromatic carboxylic acids is 1. The summed E-state index contributed by atoms with van der Waals surface area (Å²) in [4.78, 5) is 13.6. The molecule has 1 N–H and O–H groups in total. The molecule has 0 aliphatic carbocycles. The number of alkyl halides is 3. The summed E-state index contributed by atoms with van der Waals surface area (Å²) in [7, 11) is 0. The topological polar surface area (TPSA) is 50.2 Å². The van der Waals surface area contributed by atoms with Gasteiger partial charge in [0.2, 0.25) is 5.95 Å². The Kier molecular flexibility index (Phi) is 3.52. The van der Waals surface area contributed by atoms with Gasteiger partial charge in [-0.2, -0.15) is 4.39 Å². The average molecular weight is 240 g/mol. The van der Waals surface area contributed by atoms with Crippen LogP contribution in [0.25, 0.3) is 0 Å². The second-order valence-corrected chi connectivity index (χ2v) is 2.87. The quantitative estimate of drug-likeness (QED) is 0.652. The first kappa shape index (κ1) is 11.8. The van der Waals surface area contributed by atoms with Crippen LogP contribution >= 0.6 is 11.6 Å². The van der Waals surface area contributed by atoms with Gasteiger partial charge in [0, 0.05) is 17.6 Å². The van der Waals surface area contributed by atoms with Gasteiger partial charge in [-0.1, -0.05) is 0 Å². The number of hydrogen-bond acceptors (Lipinski definition) is 2. The van der Waals surface area contributed by atoms with E-state index < -0.39 is 29.5 Å². The maximum atomic E-state index is 12.9. The number of pyridine rings is 1. The van der Waals surface area contributed by atoms with Crippen molar-refractivity contribution >= 4 is 17.6 Å². The predicted octanol–water partition coefficient (Wildman–Crippen LogP) is 2.60. The zero-order chi connectivity index (χ0) is 11.6. The van der Waals surface area contributed by atoms with Gasteiger partial charge in [-0.15, -0.1) is 11.6 Å². The Morgan fingerprint density at radius 3 is 2.60 bits per heavy atom. The molecule has 0 saturated heterocycles. The maximum Gasteiger partial charge on any atom is 0.340 e. The van der Waals surface area contributed by atoms with Crippen LogP contribution < -0.4 is 0 Å². The zero-order valence-corrected chi connectivity index (χ0v) is 7.93. The van der Waals surface area contributed by atoms with Gasteiger partial charge in [-0.05, 0) is 5.56 Å². The minimum absolute atomic E-state index is 0.189. The molecular formula is C8H5ClF3NO2. The molecule has 0 bridgehead atoms. The molecule has 0 spiro atoms. The van der Waals surface area contributed by atoms with E-state index in [-0.39, 0.29) is 11.4 Å². The zero-order valence-electron chi connectivity index (χ0n) is 7.18. The molecule has 1 aromatic heterocycles. The van der Waals surface area contributed by atoms with Crippen molar-refractivity contribution in [3.63, 3.8) is 0 Å². The van der Waals surface area contributed by atoms with Gasteiger partial charge in [-0.25, -0.2) is 18.6 Å². The van der Waals surface area contributed by atoms with Crippen molar-refractivity contribution in [3.05, 3.63) is 28.8 Å². The fraction of sp³-hybridized carbons (Fsp3) is 0.250. The summed E-state index contributed by atoms with van der Waals surface area (Å²) in [5.41, 5.74) is -2.22. The first-order valence-corrected chi connectivity index (χ1v) is 4.27. The molecule has 1 aromatic rings. The van der Waals surface area contributed by atoms with Gasteiger partial charge in [0.1, 0.15) is 5.56 Å². The van der Waals surface area contributed by atoms with Crippen LogP contribution in [0.3, 0.4) is 0 Å². The second-order valence-electron chi connectivity index (χ2n) is 2.60. The Labute approximate surface area is 87.5 Å². The number of aromatic nitrogens is 1. The molecule has 0 saturated carbocycles. The number of carbonyl (C=O) groups is 1. The fourth-order valence-corrected chi connectivity index (χ4v) is 1.31. The highest BCUT2D eigenvalue weighted by molar-refractivity contribution is 6.17. The van der Waals surface area contributed by atoms with Gasteiger partial charge in [0.05, 0.1) is 0 Å². The molecule has 0 atom stereocenters. The summed E-state index contributed by atoms with van der Waals surface area (Å²) < 4.78 is 37.9. The normalized spacial score (nSPS) is 10.7. The molecule has 0 aromatic carbocycles. The molecule has 0 aliphatic rings. The van der Waals surface area contributed by atoms with Crippen LogP contribution in [0.15, 0.2) is 6.20 Å². The molecule has 1 heterocycles. The first-order valence-electron chi connectivity index (χ1n) is 3.73. The molecule has 7 heteroatoms. The minimum atomic E-state index is -3.11. The molecule has 0 amide bonds. The van der Waals surface area contributed by atoms with E-state index in [0.717, 1.165) is 6.20 Å². The maximum absolute atomic E-state index is 12.9. The van der Waals surface area contributed by atoms with E-state index in [0.29, 0.717) is 0 Å². The molecule has 1 rings (SSSR count). The lowest BCUT2D eigenvalue weighted by molar-refractivity contribution is 0.0676. The standard InChI is InChI=1S/C8H5ClF3NO2/c9-1-3-2-13-7(12)5(8(14)15)4(3)6(10)11/h2,6H,1H2,(H,14,15). The molecule has 0 unspecified atom stereocenters. The average Bonchev–Trinajstić information content (AvgIpc) is 2.16. The number of hydrogen-bond donors (Lipinski definition) is 1. The van der Waals surface area contributed by atoms with E-state index >= 15 is 0 Å². The predicted molar refractivity (Wildman–Crippen MR) is 45.7 cm³/mol. The minimum Gasteiger partial charge on any atom is -0.478 e. The van der Waals surface area contributed by atoms with E-state index in [1.807, 2.05) is 0 Å². The highest BCUT2D eigenvalue weighted by Crippen LogP contribution is 2.28. The molecular weight excluding hydrogens is 235 g/mol. The Bertz CT molecular complexity index is 398. The third-order valence-corrected chi connectivity index (χ3v) is 2.02. The smallest absolute Gasteiger partial charge is 0.340 e. The van der Waals surface area contributed by atoms with E-state index in [9.17, 15) is 18.0 Å². The van der Waals surface area contributed by atoms with Gasteiger partial charge < -0.3 is 5.11 Å². The summed E-state index contributed by atoms with van der Waals surface area (Å²) in [6, 6.07) is 0. The van der Waals surface area contributed by atoms with Gasteiger partial charge in [0.15, 0.2) is 0 Å². The number of rotatable bonds is 3. The molecule has 3 nitrogen and oxygen atoms in total. The number of nitrogens with zero attached hydrogens (tertiary/aromatic N) is 1. The second kappa shape index (κ2) is 4.48. The van der Waals surface area contributed by atoms with Crippen molar-refractivity contribution in [2.75, 3.05) is 0 Å². The van der Waals surface area contributed by atoms with Crippen molar-refractivity contribution in [2.45, 2.75) is 12.3 Å². The van der Waals surface area contributed by atoms with Gasteiger partial charge >= 0.3 is 5.97 Å². The highest BCUT2D eigenvalue weighted by Gasteiger charge is 2.26. The molecule has 82 valence electrons. The van der Waals surface area contributed by atoms with Crippen LogP contribution in [0.4, 0.5) is 13.2 Å². The van der Waals surface area contributed by atoms with E-state index in [4.69, 9.17) is 16.7 Å². The largest absolute Gasteiger partial charge is 0.478 e. The fourth-order valence-electron chi connectivity index (χ4n) is 1.10. The van der Waals surface area contributed by atoms with Gasteiger partial charge in [0.25, 0.3) is 6.43 Å². The third-order valence-electron chi connectivity index (χ3n) is 1.73. The van der Waals surface area contributed by atoms with Crippen molar-refractivity contribution in [1.29, 1.82) is 0 Å². The summed E-state index contributed by atoms with van der Waals surface area (Å²) in [5, 5.41) is 8.56. The first-order chi connectivity index (χ1) is 6.99. The summed E-state index contributed by atoms with van der Waals surface area (Å²) in [5.74, 6) is -3.58. The molecule has 0 fully saturated rings. The molecule has 15 heavy (non-hydrogen) atoms. The monoisotopic (exact) mass is 239 g/mol. The Balaban J connectivity index is 3.51. The molecule has 0 aliphatic heterocycles. The van der Waals surface area contributed by atoms with Crippen molar-refractivity contribution in [2.24, 2.45) is 0 Å².